The second-order valence-corrected chi connectivity index (χ2v) is 5.63. The highest BCUT2D eigenvalue weighted by atomic mass is 16.2. The number of rotatable bonds is 3. The fourth-order valence-electron chi connectivity index (χ4n) is 2.75. The number of carbonyl (C=O) groups is 1. The van der Waals surface area contributed by atoms with Crippen LogP contribution in [0, 0.1) is 11.3 Å². The molecule has 1 aliphatic heterocycles. The molecule has 1 fully saturated rings. The van der Waals surface area contributed by atoms with Crippen LogP contribution in [-0.4, -0.2) is 29.9 Å². The van der Waals surface area contributed by atoms with Gasteiger partial charge >= 0.3 is 0 Å². The van der Waals surface area contributed by atoms with E-state index in [-0.39, 0.29) is 11.9 Å². The average Bonchev–Trinajstić information content (AvgIpc) is 2.47. The summed E-state index contributed by atoms with van der Waals surface area (Å²) in [4.78, 5) is 14.7. The first-order valence-corrected chi connectivity index (χ1v) is 7.76. The maximum Gasteiger partial charge on any atom is 0.241 e. The van der Waals surface area contributed by atoms with E-state index in [1.807, 2.05) is 13.0 Å². The first kappa shape index (κ1) is 15.5. The first-order valence-electron chi connectivity index (χ1n) is 7.76. The highest BCUT2D eigenvalue weighted by Gasteiger charge is 2.22. The summed E-state index contributed by atoms with van der Waals surface area (Å²) in [5.41, 5.74) is 1.11. The molecule has 0 saturated carbocycles. The molecule has 1 amide bonds. The molecule has 1 aromatic rings. The van der Waals surface area contributed by atoms with Gasteiger partial charge in [-0.2, -0.15) is 5.26 Å². The molecule has 21 heavy (non-hydrogen) atoms. The smallest absolute Gasteiger partial charge is 0.241 e. The van der Waals surface area contributed by atoms with Crippen molar-refractivity contribution >= 4 is 11.6 Å². The lowest BCUT2D eigenvalue weighted by Crippen LogP contribution is -2.43. The largest absolute Gasteiger partial charge is 0.324 e. The van der Waals surface area contributed by atoms with E-state index in [1.54, 1.807) is 18.2 Å². The van der Waals surface area contributed by atoms with E-state index in [2.05, 4.69) is 16.3 Å². The molecule has 0 spiro atoms. The normalized spacial score (nSPS) is 18.1. The second-order valence-electron chi connectivity index (χ2n) is 5.63. The van der Waals surface area contributed by atoms with E-state index in [9.17, 15) is 4.79 Å². The van der Waals surface area contributed by atoms with Gasteiger partial charge in [-0.3, -0.25) is 9.69 Å². The van der Waals surface area contributed by atoms with Crippen LogP contribution in [0.1, 0.15) is 44.6 Å². The lowest BCUT2D eigenvalue weighted by molar-refractivity contribution is -0.120. The fraction of sp³-hybridized carbons (Fsp3) is 0.529. The van der Waals surface area contributed by atoms with Crippen LogP contribution in [0.25, 0.3) is 0 Å². The number of amides is 1. The van der Waals surface area contributed by atoms with Gasteiger partial charge in [-0.15, -0.1) is 0 Å². The van der Waals surface area contributed by atoms with Gasteiger partial charge in [-0.25, -0.2) is 0 Å². The zero-order valence-electron chi connectivity index (χ0n) is 12.6. The molecule has 2 rings (SSSR count). The third-order valence-corrected chi connectivity index (χ3v) is 4.12. The standard InChI is InChI=1S/C17H23N3O/c1-14(20-11-7-3-2-4-8-12-20)17(21)19-16-10-6-5-9-15(16)13-18/h5-6,9-10,14H,2-4,7-8,11-12H2,1H3,(H,19,21). The van der Waals surface area contributed by atoms with E-state index < -0.39 is 0 Å². The van der Waals surface area contributed by atoms with E-state index >= 15 is 0 Å². The summed E-state index contributed by atoms with van der Waals surface area (Å²) < 4.78 is 0. The number of anilines is 1. The third kappa shape index (κ3) is 4.30. The molecule has 112 valence electrons. The average molecular weight is 285 g/mol. The van der Waals surface area contributed by atoms with E-state index in [4.69, 9.17) is 5.26 Å². The fourth-order valence-corrected chi connectivity index (χ4v) is 2.75. The molecule has 1 aromatic carbocycles. The number of hydrogen-bond donors (Lipinski definition) is 1. The summed E-state index contributed by atoms with van der Waals surface area (Å²) in [6, 6.07) is 9.08. The summed E-state index contributed by atoms with van der Waals surface area (Å²) in [5.74, 6) is -0.0294. The Bertz CT molecular complexity index is 513. The van der Waals surface area contributed by atoms with Crippen LogP contribution >= 0.6 is 0 Å². The molecule has 0 bridgehead atoms. The van der Waals surface area contributed by atoms with Crippen molar-refractivity contribution in [2.45, 2.75) is 45.1 Å². The molecule has 1 N–H and O–H groups in total. The van der Waals surface area contributed by atoms with Gasteiger partial charge in [0.25, 0.3) is 0 Å². The Hall–Kier alpha value is -1.86. The van der Waals surface area contributed by atoms with Gasteiger partial charge in [0.1, 0.15) is 6.07 Å². The maximum absolute atomic E-state index is 12.4. The zero-order chi connectivity index (χ0) is 15.1. The molecule has 1 atom stereocenters. The Balaban J connectivity index is 2.00. The van der Waals surface area contributed by atoms with Gasteiger partial charge in [-0.05, 0) is 45.0 Å². The Labute approximate surface area is 126 Å². The summed E-state index contributed by atoms with van der Waals surface area (Å²) in [5, 5.41) is 12.0. The van der Waals surface area contributed by atoms with Crippen molar-refractivity contribution < 1.29 is 4.79 Å². The number of nitrogens with one attached hydrogen (secondary N) is 1. The van der Waals surface area contributed by atoms with Gasteiger partial charge in [0, 0.05) is 0 Å². The zero-order valence-corrected chi connectivity index (χ0v) is 12.6. The SMILES string of the molecule is CC(C(=O)Nc1ccccc1C#N)N1CCCCCCC1. The van der Waals surface area contributed by atoms with Crippen LogP contribution in [0.5, 0.6) is 0 Å². The predicted octanol–water partition coefficient (Wildman–Crippen LogP) is 3.15. The lowest BCUT2D eigenvalue weighted by Gasteiger charge is -2.29. The van der Waals surface area contributed by atoms with Crippen LogP contribution in [-0.2, 0) is 4.79 Å². The Morgan fingerprint density at radius 3 is 2.48 bits per heavy atom. The molecule has 1 heterocycles. The van der Waals surface area contributed by atoms with Crippen molar-refractivity contribution in [3.05, 3.63) is 29.8 Å². The van der Waals surface area contributed by atoms with Crippen molar-refractivity contribution in [3.63, 3.8) is 0 Å². The molecule has 1 unspecified atom stereocenters. The Morgan fingerprint density at radius 2 is 1.81 bits per heavy atom. The van der Waals surface area contributed by atoms with E-state index in [1.165, 1.54) is 19.3 Å². The number of hydrogen-bond acceptors (Lipinski definition) is 3. The van der Waals surface area contributed by atoms with Crippen molar-refractivity contribution in [1.29, 1.82) is 5.26 Å². The number of carbonyl (C=O) groups excluding carboxylic acids is 1. The number of nitrogens with zero attached hydrogens (tertiary/aromatic N) is 2. The minimum atomic E-state index is -0.158. The highest BCUT2D eigenvalue weighted by Crippen LogP contribution is 2.16. The minimum Gasteiger partial charge on any atom is -0.324 e. The summed E-state index contributed by atoms with van der Waals surface area (Å²) in [6.07, 6.45) is 6.13. The lowest BCUT2D eigenvalue weighted by atomic mass is 10.1. The van der Waals surface area contributed by atoms with Gasteiger partial charge in [0.2, 0.25) is 5.91 Å². The summed E-state index contributed by atoms with van der Waals surface area (Å²) >= 11 is 0. The van der Waals surface area contributed by atoms with Gasteiger partial charge < -0.3 is 5.32 Å². The van der Waals surface area contributed by atoms with Crippen molar-refractivity contribution in [3.8, 4) is 6.07 Å². The van der Waals surface area contributed by atoms with Crippen molar-refractivity contribution in [2.75, 3.05) is 18.4 Å². The first-order chi connectivity index (χ1) is 10.2. The third-order valence-electron chi connectivity index (χ3n) is 4.12. The van der Waals surface area contributed by atoms with Gasteiger partial charge in [0.15, 0.2) is 0 Å². The van der Waals surface area contributed by atoms with Crippen LogP contribution in [0.2, 0.25) is 0 Å². The molecule has 0 aliphatic carbocycles. The van der Waals surface area contributed by atoms with Crippen LogP contribution in [0.3, 0.4) is 0 Å². The van der Waals surface area contributed by atoms with Crippen LogP contribution in [0.4, 0.5) is 5.69 Å². The maximum atomic E-state index is 12.4. The van der Waals surface area contributed by atoms with Gasteiger partial charge in [0.05, 0.1) is 17.3 Å². The van der Waals surface area contributed by atoms with E-state index in [0.29, 0.717) is 11.3 Å². The Kier molecular flexibility index (Phi) is 5.77. The summed E-state index contributed by atoms with van der Waals surface area (Å²) in [7, 11) is 0. The molecule has 4 heteroatoms. The Morgan fingerprint density at radius 1 is 1.19 bits per heavy atom. The van der Waals surface area contributed by atoms with E-state index in [0.717, 1.165) is 25.9 Å². The molecular formula is C17H23N3O. The molecule has 4 nitrogen and oxygen atoms in total. The quantitative estimate of drug-likeness (QED) is 0.928. The van der Waals surface area contributed by atoms with Crippen molar-refractivity contribution in [2.24, 2.45) is 0 Å². The monoisotopic (exact) mass is 285 g/mol. The van der Waals surface area contributed by atoms with Crippen LogP contribution < -0.4 is 5.32 Å². The molecule has 0 radical (unpaired) electrons. The number of likely N-dealkylation sites (tertiary alicyclic amines) is 1. The highest BCUT2D eigenvalue weighted by molar-refractivity contribution is 5.95. The van der Waals surface area contributed by atoms with Crippen LogP contribution in [0.15, 0.2) is 24.3 Å². The molecule has 1 saturated heterocycles. The van der Waals surface area contributed by atoms with Gasteiger partial charge in [-0.1, -0.05) is 31.4 Å². The minimum absolute atomic E-state index is 0.0294. The second kappa shape index (κ2) is 7.80. The summed E-state index contributed by atoms with van der Waals surface area (Å²) in [6.45, 7) is 3.91. The number of benzene rings is 1. The van der Waals surface area contributed by atoms with Crippen molar-refractivity contribution in [1.82, 2.24) is 4.90 Å². The number of nitriles is 1. The molecule has 1 aliphatic rings. The number of para-hydroxylation sites is 1. The molecule has 0 aromatic heterocycles. The topological polar surface area (TPSA) is 56.1 Å². The predicted molar refractivity (Wildman–Crippen MR) is 83.9 cm³/mol. The molecular weight excluding hydrogens is 262 g/mol.